The molecule has 1 aliphatic heterocycles. The number of aliphatic hydroxyl groups excluding tert-OH is 1. The Balaban J connectivity index is 1.92. The number of nitrogens with zero attached hydrogens (tertiary/aromatic N) is 2. The van der Waals surface area contributed by atoms with Gasteiger partial charge in [-0.2, -0.15) is 0 Å². The van der Waals surface area contributed by atoms with Gasteiger partial charge < -0.3 is 19.5 Å². The van der Waals surface area contributed by atoms with Crippen LogP contribution in [0.5, 0.6) is 11.5 Å². The first-order valence-electron chi connectivity index (χ1n) is 11.5. The Hall–Kier alpha value is -3.84. The molecule has 8 heteroatoms. The van der Waals surface area contributed by atoms with Crippen LogP contribution in [0.1, 0.15) is 48.1 Å². The quantitative estimate of drug-likeness (QED) is 0.259. The van der Waals surface area contributed by atoms with Gasteiger partial charge in [0, 0.05) is 25.0 Å². The summed E-state index contributed by atoms with van der Waals surface area (Å²) in [5, 5.41) is 11.8. The van der Waals surface area contributed by atoms with E-state index in [0.29, 0.717) is 17.2 Å². The molecule has 1 unspecified atom stereocenters. The average Bonchev–Trinajstić information content (AvgIpc) is 3.13. The van der Waals surface area contributed by atoms with Crippen LogP contribution in [0.25, 0.3) is 5.76 Å². The van der Waals surface area contributed by atoms with Crippen molar-refractivity contribution in [3.63, 3.8) is 0 Å². The van der Waals surface area contributed by atoms with Gasteiger partial charge in [0.15, 0.2) is 0 Å². The number of pyridine rings is 1. The molecule has 4 rings (SSSR count). The van der Waals surface area contributed by atoms with E-state index in [9.17, 15) is 14.7 Å². The first-order valence-corrected chi connectivity index (χ1v) is 11.8. The minimum absolute atomic E-state index is 0.0333. The van der Waals surface area contributed by atoms with E-state index in [-0.39, 0.29) is 34.2 Å². The predicted octanol–water partition coefficient (Wildman–Crippen LogP) is 5.50. The minimum atomic E-state index is -0.814. The van der Waals surface area contributed by atoms with Crippen LogP contribution in [0, 0.1) is 0 Å². The number of carbonyl (C=O) groups is 2. The highest BCUT2D eigenvalue weighted by molar-refractivity contribution is 6.46. The highest BCUT2D eigenvalue weighted by Gasteiger charge is 2.46. The number of ketones is 1. The molecule has 186 valence electrons. The van der Waals surface area contributed by atoms with Crippen LogP contribution in [0.15, 0.2) is 66.5 Å². The van der Waals surface area contributed by atoms with Gasteiger partial charge in [0.05, 0.1) is 36.4 Å². The molecule has 0 bridgehead atoms. The summed E-state index contributed by atoms with van der Waals surface area (Å²) in [5.41, 5.74) is 2.79. The molecule has 2 aromatic carbocycles. The van der Waals surface area contributed by atoms with Gasteiger partial charge in [0.25, 0.3) is 11.7 Å². The Morgan fingerprint density at radius 3 is 2.25 bits per heavy atom. The van der Waals surface area contributed by atoms with E-state index < -0.39 is 17.7 Å². The fourth-order valence-electron chi connectivity index (χ4n) is 4.33. The number of Topliss-reactive ketones (excluding diaryl/α,β-unsaturated/α-hetero) is 1. The van der Waals surface area contributed by atoms with Gasteiger partial charge >= 0.3 is 0 Å². The molecule has 1 aliphatic rings. The fourth-order valence-corrected chi connectivity index (χ4v) is 4.56. The lowest BCUT2D eigenvalue weighted by Crippen LogP contribution is -2.29. The summed E-state index contributed by atoms with van der Waals surface area (Å²) in [7, 11) is 2.88. The van der Waals surface area contributed by atoms with E-state index in [0.717, 1.165) is 11.1 Å². The monoisotopic (exact) mass is 506 g/mol. The molecule has 0 spiro atoms. The highest BCUT2D eigenvalue weighted by Crippen LogP contribution is 2.43. The van der Waals surface area contributed by atoms with Gasteiger partial charge in [0.2, 0.25) is 0 Å². The Bertz CT molecular complexity index is 1320. The first-order chi connectivity index (χ1) is 17.3. The maximum absolute atomic E-state index is 13.4. The van der Waals surface area contributed by atoms with Crippen LogP contribution >= 0.6 is 11.6 Å². The number of aliphatic hydroxyl groups is 1. The fraction of sp³-hybridized carbons (Fsp3) is 0.250. The largest absolute Gasteiger partial charge is 0.507 e. The lowest BCUT2D eigenvalue weighted by molar-refractivity contribution is -0.140. The van der Waals surface area contributed by atoms with E-state index >= 15 is 0 Å². The molecule has 1 aromatic heterocycles. The zero-order valence-electron chi connectivity index (χ0n) is 20.5. The van der Waals surface area contributed by atoms with Crippen molar-refractivity contribution in [3.05, 3.63) is 93.8 Å². The molecule has 1 fully saturated rings. The zero-order chi connectivity index (χ0) is 26.0. The second-order valence-electron chi connectivity index (χ2n) is 8.79. The molecule has 36 heavy (non-hydrogen) atoms. The smallest absolute Gasteiger partial charge is 0.295 e. The van der Waals surface area contributed by atoms with Crippen molar-refractivity contribution >= 4 is 29.1 Å². The van der Waals surface area contributed by atoms with Crippen LogP contribution in [0.3, 0.4) is 0 Å². The van der Waals surface area contributed by atoms with Crippen molar-refractivity contribution in [2.24, 2.45) is 0 Å². The lowest BCUT2D eigenvalue weighted by atomic mass is 9.93. The highest BCUT2D eigenvalue weighted by atomic mass is 35.5. The summed E-state index contributed by atoms with van der Waals surface area (Å²) in [6.45, 7) is 4.34. The van der Waals surface area contributed by atoms with Gasteiger partial charge in [-0.3, -0.25) is 14.6 Å². The number of hydrogen-bond donors (Lipinski definition) is 1. The molecule has 1 saturated heterocycles. The van der Waals surface area contributed by atoms with Crippen molar-refractivity contribution in [1.82, 2.24) is 9.88 Å². The molecule has 1 N–H and O–H groups in total. The number of amides is 1. The number of likely N-dealkylation sites (tertiary alicyclic amines) is 1. The van der Waals surface area contributed by atoms with Gasteiger partial charge in [-0.05, 0) is 40.8 Å². The summed E-state index contributed by atoms with van der Waals surface area (Å²) in [4.78, 5) is 32.2. The van der Waals surface area contributed by atoms with Gasteiger partial charge in [-0.25, -0.2) is 0 Å². The third kappa shape index (κ3) is 4.66. The van der Waals surface area contributed by atoms with Gasteiger partial charge in [-0.1, -0.05) is 49.7 Å². The van der Waals surface area contributed by atoms with Crippen LogP contribution in [-0.2, 0) is 16.1 Å². The molecule has 0 saturated carbocycles. The van der Waals surface area contributed by atoms with E-state index in [1.54, 1.807) is 24.5 Å². The maximum atomic E-state index is 13.4. The second kappa shape index (κ2) is 10.4. The van der Waals surface area contributed by atoms with E-state index in [4.69, 9.17) is 21.1 Å². The number of rotatable bonds is 7. The predicted molar refractivity (Wildman–Crippen MR) is 137 cm³/mol. The molecule has 1 amide bonds. The Kier molecular flexibility index (Phi) is 7.31. The van der Waals surface area contributed by atoms with Crippen molar-refractivity contribution in [2.45, 2.75) is 32.4 Å². The molecular formula is C28H27ClN2O5. The zero-order valence-corrected chi connectivity index (χ0v) is 21.2. The number of aromatic nitrogens is 1. The standard InChI is InChI=1S/C28H27ClN2O5/c1-16(2)18-5-7-19(8-6-18)25-24(26(32)20-13-23(36-4)21(29)14-22(20)35-3)27(33)28(34)31(25)15-17-9-11-30-12-10-17/h5-14,16,25,32H,15H2,1-4H3/b26-24+. The minimum Gasteiger partial charge on any atom is -0.507 e. The van der Waals surface area contributed by atoms with Crippen molar-refractivity contribution in [2.75, 3.05) is 14.2 Å². The Morgan fingerprint density at radius 1 is 1.03 bits per heavy atom. The van der Waals surface area contributed by atoms with Crippen LogP contribution in [0.2, 0.25) is 5.02 Å². The third-order valence-corrected chi connectivity index (χ3v) is 6.59. The summed E-state index contributed by atoms with van der Waals surface area (Å²) in [6.07, 6.45) is 3.26. The van der Waals surface area contributed by atoms with Gasteiger partial charge in [-0.15, -0.1) is 0 Å². The molecular weight excluding hydrogens is 480 g/mol. The lowest BCUT2D eigenvalue weighted by Gasteiger charge is -2.26. The summed E-state index contributed by atoms with van der Waals surface area (Å²) in [6, 6.07) is 13.5. The number of carbonyl (C=O) groups excluding carboxylic acids is 2. The molecule has 3 aromatic rings. The Labute approximate surface area is 214 Å². The number of hydrogen-bond acceptors (Lipinski definition) is 6. The molecule has 0 aliphatic carbocycles. The van der Waals surface area contributed by atoms with Crippen molar-refractivity contribution < 1.29 is 24.2 Å². The first kappa shape index (κ1) is 25.3. The topological polar surface area (TPSA) is 89.0 Å². The normalized spacial score (nSPS) is 17.1. The maximum Gasteiger partial charge on any atom is 0.295 e. The van der Waals surface area contributed by atoms with Gasteiger partial charge in [0.1, 0.15) is 17.3 Å². The molecule has 7 nitrogen and oxygen atoms in total. The van der Waals surface area contributed by atoms with Crippen LogP contribution < -0.4 is 9.47 Å². The van der Waals surface area contributed by atoms with E-state index in [2.05, 4.69) is 18.8 Å². The number of halogens is 1. The molecule has 2 heterocycles. The summed E-state index contributed by atoms with van der Waals surface area (Å²) < 4.78 is 10.7. The summed E-state index contributed by atoms with van der Waals surface area (Å²) >= 11 is 6.24. The third-order valence-electron chi connectivity index (χ3n) is 6.29. The average molecular weight is 507 g/mol. The van der Waals surface area contributed by atoms with Crippen molar-refractivity contribution in [1.29, 1.82) is 0 Å². The van der Waals surface area contributed by atoms with Crippen LogP contribution in [-0.4, -0.2) is 40.9 Å². The number of methoxy groups -OCH3 is 2. The SMILES string of the molecule is COc1cc(/C(O)=C2\C(=O)C(=O)N(Cc3ccncc3)C2c2ccc(C(C)C)cc2)c(OC)cc1Cl. The van der Waals surface area contributed by atoms with Crippen molar-refractivity contribution in [3.8, 4) is 11.5 Å². The molecule has 0 radical (unpaired) electrons. The summed E-state index contributed by atoms with van der Waals surface area (Å²) in [5.74, 6) is -1.000. The Morgan fingerprint density at radius 2 is 1.67 bits per heavy atom. The number of benzene rings is 2. The van der Waals surface area contributed by atoms with E-state index in [1.807, 2.05) is 24.3 Å². The second-order valence-corrected chi connectivity index (χ2v) is 9.20. The van der Waals surface area contributed by atoms with E-state index in [1.165, 1.54) is 31.3 Å². The van der Waals surface area contributed by atoms with Crippen LogP contribution in [0.4, 0.5) is 0 Å². The number of ether oxygens (including phenoxy) is 2. The molecule has 1 atom stereocenters.